The minimum Gasteiger partial charge on any atom is -0.380 e. The van der Waals surface area contributed by atoms with Gasteiger partial charge >= 0.3 is 0 Å². The van der Waals surface area contributed by atoms with Gasteiger partial charge in [-0.25, -0.2) is 14.6 Å². The monoisotopic (exact) mass is 442 g/mol. The van der Waals surface area contributed by atoms with E-state index in [1.54, 1.807) is 18.0 Å². The molecule has 2 heterocycles. The molecule has 0 atom stereocenters. The van der Waals surface area contributed by atoms with Gasteiger partial charge in [0, 0.05) is 31.0 Å². The molecule has 31 heavy (non-hydrogen) atoms. The van der Waals surface area contributed by atoms with Crippen LogP contribution in [0.15, 0.2) is 35.6 Å². The lowest BCUT2D eigenvalue weighted by Gasteiger charge is -2.10. The van der Waals surface area contributed by atoms with Crippen molar-refractivity contribution in [3.8, 4) is 0 Å². The number of benzene rings is 1. The predicted octanol–water partition coefficient (Wildman–Crippen LogP) is 3.52. The summed E-state index contributed by atoms with van der Waals surface area (Å²) >= 11 is 1.63. The summed E-state index contributed by atoms with van der Waals surface area (Å²) in [5.41, 5.74) is 2.41. The lowest BCUT2D eigenvalue weighted by atomic mass is 10.1. The second kappa shape index (κ2) is 11.7. The van der Waals surface area contributed by atoms with Gasteiger partial charge in [0.1, 0.15) is 5.82 Å². The lowest BCUT2D eigenvalue weighted by Crippen LogP contribution is -2.28. The first-order valence-electron chi connectivity index (χ1n) is 10.7. The average molecular weight is 443 g/mol. The maximum absolute atomic E-state index is 12.5. The molecule has 166 valence electrons. The van der Waals surface area contributed by atoms with Crippen LogP contribution in [-0.2, 0) is 11.3 Å². The molecule has 0 aliphatic heterocycles. The fraction of sp³-hybridized carbons (Fsp3) is 0.455. The highest BCUT2D eigenvalue weighted by Crippen LogP contribution is 2.24. The lowest BCUT2D eigenvalue weighted by molar-refractivity contribution is 0.0951. The van der Waals surface area contributed by atoms with Crippen molar-refractivity contribution in [2.45, 2.75) is 38.9 Å². The second-order valence-corrected chi connectivity index (χ2v) is 8.06. The molecule has 9 heteroatoms. The first-order chi connectivity index (χ1) is 15.1. The smallest absolute Gasteiger partial charge is 0.251 e. The Morgan fingerprint density at radius 2 is 2.03 bits per heavy atom. The maximum atomic E-state index is 12.5. The van der Waals surface area contributed by atoms with Crippen LogP contribution < -0.4 is 10.6 Å². The van der Waals surface area contributed by atoms with Crippen LogP contribution in [0.2, 0.25) is 0 Å². The number of hydrogen-bond acceptors (Lipinski definition) is 7. The van der Waals surface area contributed by atoms with Crippen LogP contribution in [0, 0.1) is 6.92 Å². The molecule has 0 bridgehead atoms. The van der Waals surface area contributed by atoms with Crippen molar-refractivity contribution >= 4 is 34.5 Å². The Balaban J connectivity index is 1.72. The van der Waals surface area contributed by atoms with Crippen LogP contribution in [0.25, 0.3) is 11.0 Å². The van der Waals surface area contributed by atoms with Gasteiger partial charge in [0.05, 0.1) is 24.7 Å². The Morgan fingerprint density at radius 1 is 1.19 bits per heavy atom. The third-order valence-corrected chi connectivity index (χ3v) is 5.71. The van der Waals surface area contributed by atoms with Gasteiger partial charge in [0.15, 0.2) is 10.8 Å². The number of carbonyl (C=O) groups excluding carboxylic acids is 1. The van der Waals surface area contributed by atoms with Crippen molar-refractivity contribution in [1.29, 1.82) is 0 Å². The average Bonchev–Trinajstić information content (AvgIpc) is 3.18. The van der Waals surface area contributed by atoms with E-state index in [0.29, 0.717) is 38.4 Å². The molecule has 0 fully saturated rings. The number of aryl methyl sites for hydroxylation is 1. The Labute approximate surface area is 187 Å². The summed E-state index contributed by atoms with van der Waals surface area (Å²) in [6.45, 7) is 8.98. The van der Waals surface area contributed by atoms with E-state index in [4.69, 9.17) is 9.72 Å². The van der Waals surface area contributed by atoms with Gasteiger partial charge in [-0.15, -0.1) is 0 Å². The van der Waals surface area contributed by atoms with Crippen LogP contribution in [0.3, 0.4) is 0 Å². The zero-order valence-electron chi connectivity index (χ0n) is 18.4. The molecule has 2 N–H and O–H groups in total. The zero-order chi connectivity index (χ0) is 22.1. The van der Waals surface area contributed by atoms with Crippen molar-refractivity contribution in [2.75, 3.05) is 37.4 Å². The Morgan fingerprint density at radius 3 is 2.81 bits per heavy atom. The molecule has 0 saturated carbocycles. The number of ether oxygens (including phenoxy) is 1. The highest BCUT2D eigenvalue weighted by atomic mass is 32.2. The number of anilines is 1. The van der Waals surface area contributed by atoms with Crippen LogP contribution >= 0.6 is 11.8 Å². The van der Waals surface area contributed by atoms with E-state index in [1.165, 1.54) is 0 Å². The van der Waals surface area contributed by atoms with Gasteiger partial charge in [0.2, 0.25) is 0 Å². The van der Waals surface area contributed by atoms with Gasteiger partial charge in [-0.3, -0.25) is 4.79 Å². The van der Waals surface area contributed by atoms with E-state index in [0.717, 1.165) is 39.7 Å². The van der Waals surface area contributed by atoms with Gasteiger partial charge in [0.25, 0.3) is 5.91 Å². The van der Waals surface area contributed by atoms with Crippen LogP contribution in [0.5, 0.6) is 0 Å². The summed E-state index contributed by atoms with van der Waals surface area (Å²) in [4.78, 5) is 21.8. The molecule has 3 aromatic rings. The molecule has 0 aliphatic carbocycles. The standard InChI is InChI=1S/C22H30N6O2S/c1-4-14-31-22-26-19(23-11-13-30-5-2)18-15-25-28(20(18)27-22)12-10-24-21(29)17-9-7-6-8-16(17)3/h6-9,15H,4-5,10-14H2,1-3H3,(H,24,29)(H,23,26,27). The normalized spacial score (nSPS) is 11.1. The molecular formula is C22H30N6O2S. The highest BCUT2D eigenvalue weighted by Gasteiger charge is 2.14. The minimum absolute atomic E-state index is 0.0818. The summed E-state index contributed by atoms with van der Waals surface area (Å²) in [6.07, 6.45) is 2.82. The number of nitrogens with one attached hydrogen (secondary N) is 2. The summed E-state index contributed by atoms with van der Waals surface area (Å²) in [5, 5.41) is 12.4. The second-order valence-electron chi connectivity index (χ2n) is 7.00. The van der Waals surface area contributed by atoms with Gasteiger partial charge in [-0.1, -0.05) is 36.9 Å². The van der Waals surface area contributed by atoms with E-state index < -0.39 is 0 Å². The van der Waals surface area contributed by atoms with Crippen molar-refractivity contribution < 1.29 is 9.53 Å². The number of hydrogen-bond donors (Lipinski definition) is 2. The quantitative estimate of drug-likeness (QED) is 0.252. The molecule has 2 aromatic heterocycles. The third kappa shape index (κ3) is 6.18. The molecule has 0 spiro atoms. The van der Waals surface area contributed by atoms with E-state index in [2.05, 4.69) is 27.6 Å². The number of carbonyl (C=O) groups is 1. The number of aromatic nitrogens is 4. The van der Waals surface area contributed by atoms with Gasteiger partial charge in [-0.05, 0) is 31.9 Å². The molecule has 0 aliphatic rings. The SMILES string of the molecule is CCCSc1nc(NCCOCC)c2cnn(CCNC(=O)c3ccccc3C)c2n1. The maximum Gasteiger partial charge on any atom is 0.251 e. The number of amides is 1. The fourth-order valence-corrected chi connectivity index (χ4v) is 3.77. The Hall–Kier alpha value is -2.65. The summed E-state index contributed by atoms with van der Waals surface area (Å²) in [5.74, 6) is 1.63. The molecule has 3 rings (SSSR count). The molecule has 8 nitrogen and oxygen atoms in total. The molecule has 1 aromatic carbocycles. The first kappa shape index (κ1) is 23.0. The number of thioether (sulfide) groups is 1. The summed E-state index contributed by atoms with van der Waals surface area (Å²) in [6, 6.07) is 7.56. The van der Waals surface area contributed by atoms with E-state index in [9.17, 15) is 4.79 Å². The zero-order valence-corrected chi connectivity index (χ0v) is 19.2. The van der Waals surface area contributed by atoms with Crippen molar-refractivity contribution in [2.24, 2.45) is 0 Å². The molecular weight excluding hydrogens is 412 g/mol. The number of rotatable bonds is 12. The van der Waals surface area contributed by atoms with Gasteiger partial charge in [-0.2, -0.15) is 5.10 Å². The molecule has 1 amide bonds. The Kier molecular flexibility index (Phi) is 8.66. The van der Waals surface area contributed by atoms with E-state index in [-0.39, 0.29) is 5.91 Å². The molecule has 0 unspecified atom stereocenters. The number of nitrogens with zero attached hydrogens (tertiary/aromatic N) is 4. The Bertz CT molecular complexity index is 1010. The summed E-state index contributed by atoms with van der Waals surface area (Å²) in [7, 11) is 0. The largest absolute Gasteiger partial charge is 0.380 e. The fourth-order valence-electron chi connectivity index (χ4n) is 3.08. The first-order valence-corrected chi connectivity index (χ1v) is 11.6. The topological polar surface area (TPSA) is 94.0 Å². The van der Waals surface area contributed by atoms with Crippen molar-refractivity contribution in [3.63, 3.8) is 0 Å². The van der Waals surface area contributed by atoms with Crippen LogP contribution in [-0.4, -0.2) is 57.7 Å². The minimum atomic E-state index is -0.0818. The highest BCUT2D eigenvalue weighted by molar-refractivity contribution is 7.99. The van der Waals surface area contributed by atoms with E-state index in [1.807, 2.05) is 42.8 Å². The van der Waals surface area contributed by atoms with Gasteiger partial charge < -0.3 is 15.4 Å². The summed E-state index contributed by atoms with van der Waals surface area (Å²) < 4.78 is 7.23. The molecule has 0 radical (unpaired) electrons. The van der Waals surface area contributed by atoms with Crippen LogP contribution in [0.4, 0.5) is 5.82 Å². The van der Waals surface area contributed by atoms with Crippen molar-refractivity contribution in [1.82, 2.24) is 25.1 Å². The predicted molar refractivity (Wildman–Crippen MR) is 125 cm³/mol. The van der Waals surface area contributed by atoms with Crippen LogP contribution in [0.1, 0.15) is 36.2 Å². The molecule has 0 saturated heterocycles. The number of fused-ring (bicyclic) bond motifs is 1. The third-order valence-electron chi connectivity index (χ3n) is 4.65. The van der Waals surface area contributed by atoms with Crippen molar-refractivity contribution in [3.05, 3.63) is 41.6 Å². The van der Waals surface area contributed by atoms with E-state index >= 15 is 0 Å².